The van der Waals surface area contributed by atoms with Crippen LogP contribution in [0.25, 0.3) is 0 Å². The van der Waals surface area contributed by atoms with Crippen molar-refractivity contribution in [2.75, 3.05) is 7.05 Å². The van der Waals surface area contributed by atoms with Crippen molar-refractivity contribution in [2.45, 2.75) is 46.2 Å². The van der Waals surface area contributed by atoms with Crippen LogP contribution in [-0.4, -0.2) is 24.0 Å². The van der Waals surface area contributed by atoms with Gasteiger partial charge in [0, 0.05) is 34.6 Å². The molecule has 0 bridgehead atoms. The van der Waals surface area contributed by atoms with Crippen LogP contribution in [0, 0.1) is 6.92 Å². The molecule has 128 valence electrons. The summed E-state index contributed by atoms with van der Waals surface area (Å²) in [6, 6.07) is 4.72. The van der Waals surface area contributed by atoms with Crippen molar-refractivity contribution in [3.05, 3.63) is 38.0 Å². The summed E-state index contributed by atoms with van der Waals surface area (Å²) >= 11 is 3.57. The summed E-state index contributed by atoms with van der Waals surface area (Å²) in [6.07, 6.45) is 2.00. The number of aromatic nitrogens is 1. The molecule has 0 aliphatic heterocycles. The number of hydrogen-bond acceptors (Lipinski definition) is 4. The van der Waals surface area contributed by atoms with Crippen molar-refractivity contribution < 1.29 is 0 Å². The van der Waals surface area contributed by atoms with Gasteiger partial charge in [-0.3, -0.25) is 4.99 Å². The van der Waals surface area contributed by atoms with Crippen molar-refractivity contribution in [1.29, 1.82) is 0 Å². The van der Waals surface area contributed by atoms with Gasteiger partial charge in [-0.15, -0.1) is 46.7 Å². The number of aliphatic imine (C=N–C) groups is 1. The van der Waals surface area contributed by atoms with Crippen LogP contribution in [0.4, 0.5) is 0 Å². The van der Waals surface area contributed by atoms with Crippen molar-refractivity contribution >= 4 is 52.6 Å². The van der Waals surface area contributed by atoms with Gasteiger partial charge in [-0.2, -0.15) is 0 Å². The average Bonchev–Trinajstić information content (AvgIpc) is 3.12. The van der Waals surface area contributed by atoms with Crippen LogP contribution in [0.3, 0.4) is 0 Å². The maximum Gasteiger partial charge on any atom is 0.191 e. The van der Waals surface area contributed by atoms with Crippen LogP contribution in [0.15, 0.2) is 22.5 Å². The molecule has 1 unspecified atom stereocenters. The second-order valence-corrected chi connectivity index (χ2v) is 7.59. The second-order valence-electron chi connectivity index (χ2n) is 5.27. The van der Waals surface area contributed by atoms with Gasteiger partial charge in [0.1, 0.15) is 0 Å². The van der Waals surface area contributed by atoms with Crippen LogP contribution in [0.5, 0.6) is 0 Å². The number of guanidine groups is 1. The molecular formula is C16H25IN4S2. The van der Waals surface area contributed by atoms with E-state index in [1.807, 2.05) is 11.3 Å². The van der Waals surface area contributed by atoms with Crippen LogP contribution in [-0.2, 0) is 19.4 Å². The summed E-state index contributed by atoms with van der Waals surface area (Å²) in [5.41, 5.74) is 1.08. The molecule has 0 saturated carbocycles. The normalized spacial score (nSPS) is 12.6. The SMILES string of the molecule is CCc1nc(CNC(=NC)NC(C)Cc2ccc(C)s2)cs1.I. The zero-order valence-corrected chi connectivity index (χ0v) is 18.0. The zero-order chi connectivity index (χ0) is 15.9. The number of thiophene rings is 1. The lowest BCUT2D eigenvalue weighted by molar-refractivity contribution is 0.643. The summed E-state index contributed by atoms with van der Waals surface area (Å²) in [7, 11) is 1.80. The van der Waals surface area contributed by atoms with Gasteiger partial charge in [0.15, 0.2) is 5.96 Å². The predicted molar refractivity (Wildman–Crippen MR) is 112 cm³/mol. The second kappa shape index (κ2) is 10.2. The van der Waals surface area contributed by atoms with E-state index in [1.54, 1.807) is 18.4 Å². The number of halogens is 1. The van der Waals surface area contributed by atoms with E-state index in [0.29, 0.717) is 12.6 Å². The maximum atomic E-state index is 4.56. The molecule has 23 heavy (non-hydrogen) atoms. The molecule has 2 N–H and O–H groups in total. The van der Waals surface area contributed by atoms with E-state index in [4.69, 9.17) is 0 Å². The van der Waals surface area contributed by atoms with E-state index in [-0.39, 0.29) is 24.0 Å². The first-order valence-corrected chi connectivity index (χ1v) is 9.26. The van der Waals surface area contributed by atoms with Gasteiger partial charge < -0.3 is 10.6 Å². The molecule has 2 aromatic heterocycles. The maximum absolute atomic E-state index is 4.56. The van der Waals surface area contributed by atoms with Gasteiger partial charge in [0.05, 0.1) is 17.2 Å². The summed E-state index contributed by atoms with van der Waals surface area (Å²) in [6.45, 7) is 7.16. The summed E-state index contributed by atoms with van der Waals surface area (Å²) < 4.78 is 0. The minimum Gasteiger partial charge on any atom is -0.354 e. The summed E-state index contributed by atoms with van der Waals surface area (Å²) in [4.78, 5) is 11.6. The van der Waals surface area contributed by atoms with Gasteiger partial charge >= 0.3 is 0 Å². The first-order valence-electron chi connectivity index (χ1n) is 7.56. The highest BCUT2D eigenvalue weighted by Gasteiger charge is 2.08. The van der Waals surface area contributed by atoms with Gasteiger partial charge in [-0.25, -0.2) is 4.98 Å². The number of rotatable bonds is 6. The highest BCUT2D eigenvalue weighted by Crippen LogP contribution is 2.16. The number of nitrogens with zero attached hydrogens (tertiary/aromatic N) is 2. The number of thiazole rings is 1. The summed E-state index contributed by atoms with van der Waals surface area (Å²) in [5, 5.41) is 10.1. The van der Waals surface area contributed by atoms with E-state index in [1.165, 1.54) is 14.8 Å². The molecule has 4 nitrogen and oxygen atoms in total. The van der Waals surface area contributed by atoms with Gasteiger partial charge in [0.2, 0.25) is 0 Å². The summed E-state index contributed by atoms with van der Waals surface area (Å²) in [5.74, 6) is 0.826. The Kier molecular flexibility index (Phi) is 9.08. The molecular weight excluding hydrogens is 439 g/mol. The molecule has 2 rings (SSSR count). The number of aryl methyl sites for hydroxylation is 2. The van der Waals surface area contributed by atoms with E-state index >= 15 is 0 Å². The average molecular weight is 464 g/mol. The molecule has 1 atom stereocenters. The molecule has 0 aromatic carbocycles. The third-order valence-corrected chi connectivity index (χ3v) is 5.31. The van der Waals surface area contributed by atoms with Gasteiger partial charge in [0.25, 0.3) is 0 Å². The molecule has 0 radical (unpaired) electrons. The van der Waals surface area contributed by atoms with Crippen LogP contribution < -0.4 is 10.6 Å². The Morgan fingerprint density at radius 3 is 2.74 bits per heavy atom. The highest BCUT2D eigenvalue weighted by molar-refractivity contribution is 14.0. The fourth-order valence-electron chi connectivity index (χ4n) is 2.14. The standard InChI is InChI=1S/C16H24N4S2.HI/c1-5-15-20-13(10-21-15)9-18-16(17-4)19-11(2)8-14-7-6-12(3)22-14;/h6-7,10-11H,5,8-9H2,1-4H3,(H2,17,18,19);1H. The van der Waals surface area contributed by atoms with Crippen molar-refractivity contribution in [3.63, 3.8) is 0 Å². The molecule has 0 aliphatic rings. The lowest BCUT2D eigenvalue weighted by Gasteiger charge is -2.17. The highest BCUT2D eigenvalue weighted by atomic mass is 127. The molecule has 2 aromatic rings. The lowest BCUT2D eigenvalue weighted by Crippen LogP contribution is -2.42. The number of hydrogen-bond donors (Lipinski definition) is 2. The molecule has 0 aliphatic carbocycles. The number of nitrogens with one attached hydrogen (secondary N) is 2. The van der Waals surface area contributed by atoms with Gasteiger partial charge in [-0.05, 0) is 32.4 Å². The quantitative estimate of drug-likeness (QED) is 0.386. The smallest absolute Gasteiger partial charge is 0.191 e. The zero-order valence-electron chi connectivity index (χ0n) is 14.0. The molecule has 0 spiro atoms. The Balaban J connectivity index is 0.00000264. The van der Waals surface area contributed by atoms with Gasteiger partial charge in [-0.1, -0.05) is 6.92 Å². The van der Waals surface area contributed by atoms with Crippen molar-refractivity contribution in [1.82, 2.24) is 15.6 Å². The van der Waals surface area contributed by atoms with Crippen LogP contribution >= 0.6 is 46.7 Å². The van der Waals surface area contributed by atoms with E-state index in [9.17, 15) is 0 Å². The predicted octanol–water partition coefficient (Wildman–Crippen LogP) is 3.99. The first-order chi connectivity index (χ1) is 10.6. The molecule has 0 fully saturated rings. The van der Waals surface area contributed by atoms with E-state index in [0.717, 1.165) is 24.5 Å². The Labute approximate surface area is 163 Å². The Morgan fingerprint density at radius 2 is 2.17 bits per heavy atom. The third-order valence-electron chi connectivity index (χ3n) is 3.25. The monoisotopic (exact) mass is 464 g/mol. The lowest BCUT2D eigenvalue weighted by atomic mass is 10.2. The van der Waals surface area contributed by atoms with Crippen LogP contribution in [0.1, 0.15) is 34.3 Å². The minimum absolute atomic E-state index is 0. The molecule has 0 saturated heterocycles. The Bertz CT molecular complexity index is 621. The van der Waals surface area contributed by atoms with E-state index in [2.05, 4.69) is 58.9 Å². The molecule has 0 amide bonds. The van der Waals surface area contributed by atoms with Crippen LogP contribution in [0.2, 0.25) is 0 Å². The third kappa shape index (κ3) is 6.76. The first kappa shape index (κ1) is 20.4. The minimum atomic E-state index is 0. The molecule has 7 heteroatoms. The van der Waals surface area contributed by atoms with E-state index < -0.39 is 0 Å². The fourth-order valence-corrected chi connectivity index (χ4v) is 3.91. The molecule has 2 heterocycles. The Hall–Kier alpha value is -0.670. The van der Waals surface area contributed by atoms with Crippen molar-refractivity contribution in [3.8, 4) is 0 Å². The Morgan fingerprint density at radius 1 is 1.39 bits per heavy atom. The fraction of sp³-hybridized carbons (Fsp3) is 0.500. The van der Waals surface area contributed by atoms with Crippen molar-refractivity contribution in [2.24, 2.45) is 4.99 Å². The largest absolute Gasteiger partial charge is 0.354 e. The topological polar surface area (TPSA) is 49.3 Å².